The maximum absolute atomic E-state index is 9.41. The van der Waals surface area contributed by atoms with E-state index >= 15 is 0 Å². The lowest BCUT2D eigenvalue weighted by Crippen LogP contribution is -2.18. The molecule has 0 fully saturated rings. The molecule has 0 bridgehead atoms. The number of nitrogens with zero attached hydrogens (tertiary/aromatic N) is 2. The number of hydrogen-bond acceptors (Lipinski definition) is 6. The van der Waals surface area contributed by atoms with Gasteiger partial charge in [-0.3, -0.25) is 0 Å². The fraction of sp³-hybridized carbons (Fsp3) is 0.455. The van der Waals surface area contributed by atoms with Gasteiger partial charge in [0, 0.05) is 13.7 Å². The maximum atomic E-state index is 9.41. The lowest BCUT2D eigenvalue weighted by atomic mass is 10.2. The minimum Gasteiger partial charge on any atom is -0.396 e. The van der Waals surface area contributed by atoms with E-state index in [4.69, 9.17) is 15.7 Å². The number of aromatic nitrogens is 1. The zero-order chi connectivity index (χ0) is 12.7. The third kappa shape index (κ3) is 4.26. The molecule has 0 aromatic carbocycles. The van der Waals surface area contributed by atoms with Crippen LogP contribution in [0.1, 0.15) is 12.1 Å². The smallest absolute Gasteiger partial charge is 0.165 e. The van der Waals surface area contributed by atoms with Crippen LogP contribution in [-0.4, -0.2) is 36.5 Å². The molecule has 6 nitrogen and oxygen atoms in total. The summed E-state index contributed by atoms with van der Waals surface area (Å²) >= 11 is 0. The van der Waals surface area contributed by atoms with Gasteiger partial charge in [0.2, 0.25) is 0 Å². The summed E-state index contributed by atoms with van der Waals surface area (Å²) in [5.41, 5.74) is 6.11. The predicted molar refractivity (Wildman–Crippen MR) is 64.4 cm³/mol. The van der Waals surface area contributed by atoms with Gasteiger partial charge in [-0.05, 0) is 18.6 Å². The summed E-state index contributed by atoms with van der Waals surface area (Å²) in [6.45, 7) is 0.854. The van der Waals surface area contributed by atoms with Crippen LogP contribution in [-0.2, 0) is 4.74 Å². The Bertz CT molecular complexity index is 403. The predicted octanol–water partition coefficient (Wildman–Crippen LogP) is 0.345. The molecule has 1 heterocycles. The van der Waals surface area contributed by atoms with E-state index in [0.717, 1.165) is 0 Å². The minimum atomic E-state index is -0.503. The quantitative estimate of drug-likeness (QED) is 0.658. The Morgan fingerprint density at radius 2 is 2.41 bits per heavy atom. The van der Waals surface area contributed by atoms with E-state index in [9.17, 15) is 5.11 Å². The monoisotopic (exact) mass is 236 g/mol. The highest BCUT2D eigenvalue weighted by Gasteiger charge is 2.04. The van der Waals surface area contributed by atoms with Crippen molar-refractivity contribution in [3.05, 3.63) is 17.8 Å². The normalized spacial score (nSPS) is 11.8. The van der Waals surface area contributed by atoms with Gasteiger partial charge in [0.05, 0.1) is 18.4 Å². The molecule has 0 amide bonds. The highest BCUT2D eigenvalue weighted by molar-refractivity contribution is 5.54. The van der Waals surface area contributed by atoms with E-state index in [1.54, 1.807) is 12.1 Å². The summed E-state index contributed by atoms with van der Waals surface area (Å²) in [5, 5.41) is 21.2. The van der Waals surface area contributed by atoms with E-state index in [1.165, 1.54) is 7.11 Å². The Hall–Kier alpha value is -1.84. The van der Waals surface area contributed by atoms with E-state index in [0.29, 0.717) is 31.1 Å². The molecule has 0 aliphatic carbocycles. The van der Waals surface area contributed by atoms with Crippen molar-refractivity contribution in [3.63, 3.8) is 0 Å². The molecule has 92 valence electrons. The number of aliphatic hydroxyl groups excluding tert-OH is 1. The first-order valence-electron chi connectivity index (χ1n) is 5.25. The molecule has 0 spiro atoms. The average molecular weight is 236 g/mol. The number of nitrogens with two attached hydrogens (primary N) is 1. The molecule has 1 rings (SSSR count). The number of nitriles is 1. The second kappa shape index (κ2) is 6.68. The largest absolute Gasteiger partial charge is 0.396 e. The van der Waals surface area contributed by atoms with Crippen LogP contribution < -0.4 is 11.1 Å². The molecule has 1 atom stereocenters. The fourth-order valence-corrected chi connectivity index (χ4v) is 1.30. The van der Waals surface area contributed by atoms with Crippen molar-refractivity contribution in [2.75, 3.05) is 31.3 Å². The first-order valence-corrected chi connectivity index (χ1v) is 5.25. The van der Waals surface area contributed by atoms with E-state index in [2.05, 4.69) is 10.3 Å². The molecule has 1 aromatic heterocycles. The Labute approximate surface area is 100 Å². The number of nitrogens with one attached hydrogen (secondary N) is 1. The summed E-state index contributed by atoms with van der Waals surface area (Å²) < 4.78 is 4.81. The second-order valence-corrected chi connectivity index (χ2v) is 3.57. The molecule has 1 aromatic rings. The minimum absolute atomic E-state index is 0.201. The molecule has 17 heavy (non-hydrogen) atoms. The number of hydrogen-bond donors (Lipinski definition) is 3. The topological polar surface area (TPSA) is 104 Å². The zero-order valence-corrected chi connectivity index (χ0v) is 9.68. The molecule has 0 aliphatic heterocycles. The van der Waals surface area contributed by atoms with Crippen molar-refractivity contribution < 1.29 is 9.84 Å². The summed E-state index contributed by atoms with van der Waals surface area (Å²) in [4.78, 5) is 4.02. The number of pyridine rings is 1. The Balaban J connectivity index is 2.45. The number of ether oxygens (including phenoxy) is 1. The Morgan fingerprint density at radius 3 is 3.06 bits per heavy atom. The number of nitrogen functional groups attached to an aromatic ring is 1. The van der Waals surface area contributed by atoms with Crippen LogP contribution >= 0.6 is 0 Å². The van der Waals surface area contributed by atoms with Gasteiger partial charge in [-0.2, -0.15) is 5.26 Å². The van der Waals surface area contributed by atoms with Crippen LogP contribution in [0.15, 0.2) is 12.1 Å². The number of aliphatic hydroxyl groups is 1. The first-order chi connectivity index (χ1) is 8.17. The lowest BCUT2D eigenvalue weighted by molar-refractivity contribution is 0.0615. The third-order valence-electron chi connectivity index (χ3n) is 2.18. The van der Waals surface area contributed by atoms with Crippen molar-refractivity contribution in [1.82, 2.24) is 4.98 Å². The van der Waals surface area contributed by atoms with Crippen LogP contribution in [0, 0.1) is 11.3 Å². The van der Waals surface area contributed by atoms with Gasteiger partial charge in [0.25, 0.3) is 0 Å². The number of anilines is 2. The van der Waals surface area contributed by atoms with Crippen molar-refractivity contribution in [2.24, 2.45) is 0 Å². The van der Waals surface area contributed by atoms with Gasteiger partial charge in [0.1, 0.15) is 11.9 Å². The van der Waals surface area contributed by atoms with Crippen LogP contribution in [0.4, 0.5) is 11.5 Å². The number of rotatable bonds is 6. The fourth-order valence-electron chi connectivity index (χ4n) is 1.30. The highest BCUT2D eigenvalue weighted by atomic mass is 16.5. The summed E-state index contributed by atoms with van der Waals surface area (Å²) in [5.74, 6) is 0.570. The molecule has 0 saturated heterocycles. The molecule has 0 aliphatic rings. The molecule has 0 saturated carbocycles. The van der Waals surface area contributed by atoms with E-state index < -0.39 is 6.10 Å². The molecule has 1 unspecified atom stereocenters. The second-order valence-electron chi connectivity index (χ2n) is 3.57. The van der Waals surface area contributed by atoms with Crippen LogP contribution in [0.3, 0.4) is 0 Å². The average Bonchev–Trinajstić information content (AvgIpc) is 2.31. The molecule has 4 N–H and O–H groups in total. The van der Waals surface area contributed by atoms with Gasteiger partial charge >= 0.3 is 0 Å². The molecule has 6 heteroatoms. The van der Waals surface area contributed by atoms with Gasteiger partial charge < -0.3 is 20.9 Å². The Kier molecular flexibility index (Phi) is 5.20. The van der Waals surface area contributed by atoms with Gasteiger partial charge in [-0.15, -0.1) is 0 Å². The van der Waals surface area contributed by atoms with Crippen molar-refractivity contribution in [1.29, 1.82) is 5.26 Å². The SMILES string of the molecule is COCC(O)CCNc1ccc(N)c(C#N)n1. The summed E-state index contributed by atoms with van der Waals surface area (Å²) in [6, 6.07) is 5.23. The summed E-state index contributed by atoms with van der Waals surface area (Å²) in [6.07, 6.45) is 0.0404. The number of methoxy groups -OCH3 is 1. The van der Waals surface area contributed by atoms with Crippen LogP contribution in [0.5, 0.6) is 0 Å². The molecule has 0 radical (unpaired) electrons. The van der Waals surface area contributed by atoms with E-state index in [1.807, 2.05) is 6.07 Å². The molecular formula is C11H16N4O2. The highest BCUT2D eigenvalue weighted by Crippen LogP contribution is 2.11. The van der Waals surface area contributed by atoms with E-state index in [-0.39, 0.29) is 5.69 Å². The van der Waals surface area contributed by atoms with Crippen LogP contribution in [0.25, 0.3) is 0 Å². The lowest BCUT2D eigenvalue weighted by Gasteiger charge is -2.10. The van der Waals surface area contributed by atoms with Gasteiger partial charge in [0.15, 0.2) is 5.69 Å². The zero-order valence-electron chi connectivity index (χ0n) is 9.68. The maximum Gasteiger partial charge on any atom is 0.165 e. The van der Waals surface area contributed by atoms with Gasteiger partial charge in [-0.1, -0.05) is 0 Å². The van der Waals surface area contributed by atoms with Crippen molar-refractivity contribution in [3.8, 4) is 6.07 Å². The van der Waals surface area contributed by atoms with Gasteiger partial charge in [-0.25, -0.2) is 4.98 Å². The first kappa shape index (κ1) is 13.2. The van der Waals surface area contributed by atoms with Crippen molar-refractivity contribution in [2.45, 2.75) is 12.5 Å². The summed E-state index contributed by atoms with van der Waals surface area (Å²) in [7, 11) is 1.54. The third-order valence-corrected chi connectivity index (χ3v) is 2.18. The standard InChI is InChI=1S/C11H16N4O2/c1-17-7-8(16)4-5-14-11-3-2-9(13)10(6-12)15-11/h2-3,8,16H,4-5,7,13H2,1H3,(H,14,15). The Morgan fingerprint density at radius 1 is 1.65 bits per heavy atom. The van der Waals surface area contributed by atoms with Crippen molar-refractivity contribution >= 4 is 11.5 Å². The molecular weight excluding hydrogens is 220 g/mol. The van der Waals surface area contributed by atoms with Crippen LogP contribution in [0.2, 0.25) is 0 Å².